The Bertz CT molecular complexity index is 457. The predicted molar refractivity (Wildman–Crippen MR) is 56.0 cm³/mol. The van der Waals surface area contributed by atoms with Crippen molar-refractivity contribution < 1.29 is 13.9 Å². The van der Waals surface area contributed by atoms with Crippen molar-refractivity contribution in [3.63, 3.8) is 0 Å². The number of aliphatic hydroxyl groups is 1. The topological polar surface area (TPSA) is 48.9 Å². The van der Waals surface area contributed by atoms with Gasteiger partial charge in [0.25, 0.3) is 0 Å². The molecule has 1 aromatic carbocycles. The van der Waals surface area contributed by atoms with E-state index >= 15 is 0 Å². The fraction of sp³-hybridized carbons (Fsp3) is 0.364. The molecule has 0 radical (unpaired) electrons. The molecule has 0 aliphatic rings. The maximum Gasteiger partial charge on any atom is 0.161 e. The van der Waals surface area contributed by atoms with Crippen LogP contribution in [0.4, 0.5) is 8.78 Å². The Morgan fingerprint density at radius 3 is 2.69 bits per heavy atom. The van der Waals surface area contributed by atoms with Crippen molar-refractivity contribution in [3.8, 4) is 0 Å². The first-order chi connectivity index (χ1) is 7.70. The highest BCUT2D eigenvalue weighted by molar-refractivity contribution is 5.75. The summed E-state index contributed by atoms with van der Waals surface area (Å²) in [6.45, 7) is 0.142. The number of fused-ring (bicyclic) bond motifs is 1. The van der Waals surface area contributed by atoms with E-state index in [1.54, 1.807) is 0 Å². The summed E-state index contributed by atoms with van der Waals surface area (Å²) in [5.41, 5.74) is 0.927. The quantitative estimate of drug-likeness (QED) is 0.785. The Labute approximate surface area is 91.1 Å². The van der Waals surface area contributed by atoms with Gasteiger partial charge in [0.1, 0.15) is 5.82 Å². The van der Waals surface area contributed by atoms with Crippen LogP contribution in [0.3, 0.4) is 0 Å². The summed E-state index contributed by atoms with van der Waals surface area (Å²) < 4.78 is 25.8. The molecular weight excluding hydrogens is 214 g/mol. The van der Waals surface area contributed by atoms with Crippen LogP contribution in [0.25, 0.3) is 11.0 Å². The fourth-order valence-electron chi connectivity index (χ4n) is 1.58. The maximum atomic E-state index is 12.9. The number of unbranched alkanes of at least 4 members (excludes halogenated alkanes) is 1. The van der Waals surface area contributed by atoms with Crippen molar-refractivity contribution in [1.29, 1.82) is 0 Å². The number of aromatic nitrogens is 2. The third-order valence-electron chi connectivity index (χ3n) is 2.39. The van der Waals surface area contributed by atoms with Crippen molar-refractivity contribution in [2.45, 2.75) is 19.3 Å². The van der Waals surface area contributed by atoms with Crippen molar-refractivity contribution >= 4 is 11.0 Å². The number of hydrogen-bond acceptors (Lipinski definition) is 2. The lowest BCUT2D eigenvalue weighted by molar-refractivity contribution is 0.284. The SMILES string of the molecule is OCCCCc1nc2cc(F)c(F)cc2[nH]1. The zero-order valence-corrected chi connectivity index (χ0v) is 8.63. The van der Waals surface area contributed by atoms with E-state index in [1.807, 2.05) is 0 Å². The zero-order valence-electron chi connectivity index (χ0n) is 8.63. The first-order valence-corrected chi connectivity index (χ1v) is 5.15. The number of hydrogen-bond donors (Lipinski definition) is 2. The van der Waals surface area contributed by atoms with Gasteiger partial charge >= 0.3 is 0 Å². The van der Waals surface area contributed by atoms with Crippen LogP contribution in [0.5, 0.6) is 0 Å². The third-order valence-corrected chi connectivity index (χ3v) is 2.39. The summed E-state index contributed by atoms with van der Waals surface area (Å²) in [7, 11) is 0. The Balaban J connectivity index is 2.23. The minimum absolute atomic E-state index is 0.142. The second-order valence-corrected chi connectivity index (χ2v) is 3.65. The lowest BCUT2D eigenvalue weighted by Gasteiger charge is -1.93. The molecule has 1 aromatic heterocycles. The maximum absolute atomic E-state index is 12.9. The van der Waals surface area contributed by atoms with Crippen molar-refractivity contribution in [2.75, 3.05) is 6.61 Å². The molecule has 0 aliphatic carbocycles. The molecule has 2 N–H and O–H groups in total. The van der Waals surface area contributed by atoms with Crippen molar-refractivity contribution in [1.82, 2.24) is 9.97 Å². The summed E-state index contributed by atoms with van der Waals surface area (Å²) in [6.07, 6.45) is 2.15. The molecule has 3 nitrogen and oxygen atoms in total. The van der Waals surface area contributed by atoms with Crippen LogP contribution in [0.1, 0.15) is 18.7 Å². The second-order valence-electron chi connectivity index (χ2n) is 3.65. The third kappa shape index (κ3) is 2.19. The van der Waals surface area contributed by atoms with Crippen LogP contribution in [0.2, 0.25) is 0 Å². The number of nitrogens with zero attached hydrogens (tertiary/aromatic N) is 1. The van der Waals surface area contributed by atoms with Gasteiger partial charge in [-0.1, -0.05) is 0 Å². The normalized spacial score (nSPS) is 11.2. The van der Waals surface area contributed by atoms with Gasteiger partial charge < -0.3 is 10.1 Å². The number of nitrogens with one attached hydrogen (secondary N) is 1. The molecule has 0 unspecified atom stereocenters. The first-order valence-electron chi connectivity index (χ1n) is 5.15. The zero-order chi connectivity index (χ0) is 11.5. The highest BCUT2D eigenvalue weighted by atomic mass is 19.2. The van der Waals surface area contributed by atoms with Crippen LogP contribution < -0.4 is 0 Å². The van der Waals surface area contributed by atoms with E-state index in [4.69, 9.17) is 5.11 Å². The number of aryl methyl sites for hydroxylation is 1. The molecule has 2 rings (SSSR count). The van der Waals surface area contributed by atoms with Gasteiger partial charge in [-0.15, -0.1) is 0 Å². The van der Waals surface area contributed by atoms with E-state index in [0.717, 1.165) is 18.6 Å². The number of benzene rings is 1. The van der Waals surface area contributed by atoms with Gasteiger partial charge in [-0.25, -0.2) is 13.8 Å². The lowest BCUT2D eigenvalue weighted by atomic mass is 10.2. The molecule has 0 fully saturated rings. The summed E-state index contributed by atoms with van der Waals surface area (Å²) in [6, 6.07) is 2.18. The number of rotatable bonds is 4. The summed E-state index contributed by atoms with van der Waals surface area (Å²) in [5, 5.41) is 8.63. The van der Waals surface area contributed by atoms with Crippen molar-refractivity contribution in [2.24, 2.45) is 0 Å². The van der Waals surface area contributed by atoms with Crippen LogP contribution in [0.15, 0.2) is 12.1 Å². The van der Waals surface area contributed by atoms with Gasteiger partial charge in [0, 0.05) is 25.2 Å². The molecule has 86 valence electrons. The van der Waals surface area contributed by atoms with Gasteiger partial charge in [-0.2, -0.15) is 0 Å². The molecule has 0 bridgehead atoms. The molecule has 0 atom stereocenters. The van der Waals surface area contributed by atoms with Gasteiger partial charge in [-0.05, 0) is 12.8 Å². The van der Waals surface area contributed by atoms with Crippen LogP contribution >= 0.6 is 0 Å². The van der Waals surface area contributed by atoms with Crippen LogP contribution in [-0.2, 0) is 6.42 Å². The fourth-order valence-corrected chi connectivity index (χ4v) is 1.58. The van der Waals surface area contributed by atoms with E-state index in [2.05, 4.69) is 9.97 Å². The molecule has 2 aromatic rings. The first kappa shape index (κ1) is 11.0. The molecule has 0 spiro atoms. The number of imidazole rings is 1. The Hall–Kier alpha value is -1.49. The average molecular weight is 226 g/mol. The van der Waals surface area contributed by atoms with Gasteiger partial charge in [0.15, 0.2) is 11.6 Å². The highest BCUT2D eigenvalue weighted by Gasteiger charge is 2.08. The van der Waals surface area contributed by atoms with Crippen LogP contribution in [-0.4, -0.2) is 21.7 Å². The second kappa shape index (κ2) is 4.57. The van der Waals surface area contributed by atoms with E-state index in [9.17, 15) is 8.78 Å². The van der Waals surface area contributed by atoms with Gasteiger partial charge in [0.05, 0.1) is 11.0 Å². The molecule has 16 heavy (non-hydrogen) atoms. The number of aromatic amines is 1. The monoisotopic (exact) mass is 226 g/mol. The van der Waals surface area contributed by atoms with Crippen molar-refractivity contribution in [3.05, 3.63) is 29.6 Å². The Morgan fingerprint density at radius 1 is 1.19 bits per heavy atom. The number of aliphatic hydroxyl groups excluding tert-OH is 1. The molecule has 0 aliphatic heterocycles. The number of halogens is 2. The smallest absolute Gasteiger partial charge is 0.161 e. The number of H-pyrrole nitrogens is 1. The van der Waals surface area contributed by atoms with Crippen LogP contribution in [0, 0.1) is 11.6 Å². The molecular formula is C11H12F2N2O. The van der Waals surface area contributed by atoms with E-state index < -0.39 is 11.6 Å². The molecule has 0 saturated heterocycles. The molecule has 1 heterocycles. The van der Waals surface area contributed by atoms with E-state index in [-0.39, 0.29) is 6.61 Å². The van der Waals surface area contributed by atoms with Gasteiger partial charge in [0.2, 0.25) is 0 Å². The average Bonchev–Trinajstić information content (AvgIpc) is 2.61. The molecule has 0 saturated carbocycles. The Kier molecular flexibility index (Phi) is 3.14. The minimum atomic E-state index is -0.888. The highest BCUT2D eigenvalue weighted by Crippen LogP contribution is 2.17. The predicted octanol–water partition coefficient (Wildman–Crippen LogP) is 2.16. The standard InChI is InChI=1S/C11H12F2N2O/c12-7-5-9-10(6-8(7)13)15-11(14-9)3-1-2-4-16/h5-6,16H,1-4H2,(H,14,15). The largest absolute Gasteiger partial charge is 0.396 e. The van der Waals surface area contributed by atoms with E-state index in [0.29, 0.717) is 29.7 Å². The minimum Gasteiger partial charge on any atom is -0.396 e. The van der Waals surface area contributed by atoms with Gasteiger partial charge in [-0.3, -0.25) is 0 Å². The lowest BCUT2D eigenvalue weighted by Crippen LogP contribution is -1.90. The van der Waals surface area contributed by atoms with E-state index in [1.165, 1.54) is 0 Å². The summed E-state index contributed by atoms with van der Waals surface area (Å²) >= 11 is 0. The Morgan fingerprint density at radius 2 is 1.94 bits per heavy atom. The summed E-state index contributed by atoms with van der Waals surface area (Å²) in [4.78, 5) is 7.07. The molecule has 0 amide bonds. The summed E-state index contributed by atoms with van der Waals surface area (Å²) in [5.74, 6) is -1.08. The molecule has 5 heteroatoms.